The zero-order valence-electron chi connectivity index (χ0n) is 20.7. The second kappa shape index (κ2) is 15.1. The highest BCUT2D eigenvalue weighted by Gasteiger charge is 2.38. The Morgan fingerprint density at radius 2 is 0.833 bits per heavy atom. The van der Waals surface area contributed by atoms with Crippen LogP contribution in [0.25, 0.3) is 0 Å². The first-order valence-electron chi connectivity index (χ1n) is 12.9. The molecule has 4 heterocycles. The van der Waals surface area contributed by atoms with E-state index >= 15 is 0 Å². The summed E-state index contributed by atoms with van der Waals surface area (Å²) in [6, 6.07) is 0. The molecule has 0 radical (unpaired) electrons. The van der Waals surface area contributed by atoms with Crippen LogP contribution in [0, 0.1) is 0 Å². The molecule has 0 spiro atoms. The van der Waals surface area contributed by atoms with Crippen LogP contribution in [0.15, 0.2) is 0 Å². The number of carbonyl (C=O) groups excluding carboxylic acids is 2. The van der Waals surface area contributed by atoms with Crippen LogP contribution in [0.5, 0.6) is 0 Å². The minimum Gasteiger partial charge on any atom is -0.457 e. The van der Waals surface area contributed by atoms with Crippen LogP contribution >= 0.6 is 0 Å². The lowest BCUT2D eigenvalue weighted by Crippen LogP contribution is -2.51. The molecular formula is C24H38O12. The molecule has 4 saturated heterocycles. The first-order chi connectivity index (χ1) is 17.7. The fourth-order valence-corrected chi connectivity index (χ4v) is 4.53. The van der Waals surface area contributed by atoms with E-state index in [9.17, 15) is 9.59 Å². The molecule has 0 aromatic heterocycles. The maximum Gasteiger partial charge on any atom is 0.306 e. The van der Waals surface area contributed by atoms with E-state index < -0.39 is 36.6 Å². The van der Waals surface area contributed by atoms with Crippen molar-refractivity contribution in [3.05, 3.63) is 0 Å². The highest BCUT2D eigenvalue weighted by Crippen LogP contribution is 2.21. The molecule has 36 heavy (non-hydrogen) atoms. The molecule has 4 rings (SSSR count). The minimum atomic E-state index is -0.612. The van der Waals surface area contributed by atoms with Crippen LogP contribution in [0.3, 0.4) is 0 Å². The molecule has 4 aliphatic rings. The Kier molecular flexibility index (Phi) is 11.6. The maximum atomic E-state index is 12.6. The molecule has 12 nitrogen and oxygen atoms in total. The maximum absolute atomic E-state index is 12.6. The second-order valence-electron chi connectivity index (χ2n) is 9.05. The van der Waals surface area contributed by atoms with Crippen molar-refractivity contribution in [3.63, 3.8) is 0 Å². The predicted molar refractivity (Wildman–Crippen MR) is 120 cm³/mol. The molecule has 0 N–H and O–H groups in total. The Labute approximate surface area is 211 Å². The van der Waals surface area contributed by atoms with Gasteiger partial charge in [0.1, 0.15) is 24.4 Å². The lowest BCUT2D eigenvalue weighted by Gasteiger charge is -2.36. The third kappa shape index (κ3) is 8.59. The quantitative estimate of drug-likeness (QED) is 0.271. The molecule has 4 aliphatic heterocycles. The van der Waals surface area contributed by atoms with Gasteiger partial charge in [-0.3, -0.25) is 9.59 Å². The Morgan fingerprint density at radius 1 is 0.528 bits per heavy atom. The minimum absolute atomic E-state index is 0.160. The first-order valence-corrected chi connectivity index (χ1v) is 12.9. The number of unbranched alkanes of at least 4 members (excludes halogenated alkanes) is 1. The number of rotatable bonds is 11. The average molecular weight is 519 g/mol. The van der Waals surface area contributed by atoms with Gasteiger partial charge in [0.05, 0.1) is 79.3 Å². The van der Waals surface area contributed by atoms with Crippen molar-refractivity contribution in [1.82, 2.24) is 0 Å². The largest absolute Gasteiger partial charge is 0.457 e. The fourth-order valence-electron chi connectivity index (χ4n) is 4.53. The molecule has 206 valence electrons. The average Bonchev–Trinajstić information content (AvgIpc) is 2.94. The zero-order chi connectivity index (χ0) is 25.0. The molecule has 4 unspecified atom stereocenters. The number of ether oxygens (including phenoxy) is 10. The van der Waals surface area contributed by atoms with Crippen molar-refractivity contribution >= 4 is 11.9 Å². The van der Waals surface area contributed by atoms with Crippen LogP contribution in [0.2, 0.25) is 0 Å². The Balaban J connectivity index is 1.19. The van der Waals surface area contributed by atoms with Crippen molar-refractivity contribution < 1.29 is 57.0 Å². The van der Waals surface area contributed by atoms with Gasteiger partial charge in [-0.05, 0) is 12.8 Å². The lowest BCUT2D eigenvalue weighted by molar-refractivity contribution is -0.211. The summed E-state index contributed by atoms with van der Waals surface area (Å²) >= 11 is 0. The van der Waals surface area contributed by atoms with Crippen molar-refractivity contribution in [3.8, 4) is 0 Å². The van der Waals surface area contributed by atoms with E-state index in [1.807, 2.05) is 0 Å². The van der Waals surface area contributed by atoms with E-state index in [1.54, 1.807) is 0 Å². The monoisotopic (exact) mass is 518 g/mol. The summed E-state index contributed by atoms with van der Waals surface area (Å²) in [5, 5.41) is 0. The number of esters is 2. The van der Waals surface area contributed by atoms with Gasteiger partial charge in [0.25, 0.3) is 0 Å². The van der Waals surface area contributed by atoms with Crippen LogP contribution in [0.4, 0.5) is 0 Å². The predicted octanol–water partition coefficient (Wildman–Crippen LogP) is 0.0320. The molecule has 0 aliphatic carbocycles. The van der Waals surface area contributed by atoms with E-state index in [0.29, 0.717) is 92.1 Å². The molecule has 0 aromatic carbocycles. The van der Waals surface area contributed by atoms with Gasteiger partial charge in [-0.2, -0.15) is 0 Å². The van der Waals surface area contributed by atoms with Gasteiger partial charge in [-0.15, -0.1) is 0 Å². The molecule has 0 saturated carbocycles. The summed E-state index contributed by atoms with van der Waals surface area (Å²) in [7, 11) is 0. The van der Waals surface area contributed by atoms with Crippen molar-refractivity contribution in [2.24, 2.45) is 0 Å². The summed E-state index contributed by atoms with van der Waals surface area (Å²) in [6.07, 6.45) is -1.57. The summed E-state index contributed by atoms with van der Waals surface area (Å²) in [5.74, 6) is -0.759. The van der Waals surface area contributed by atoms with Gasteiger partial charge in [0.15, 0.2) is 12.2 Å². The van der Waals surface area contributed by atoms with Gasteiger partial charge in [0, 0.05) is 12.8 Å². The summed E-state index contributed by atoms with van der Waals surface area (Å²) in [4.78, 5) is 25.2. The van der Waals surface area contributed by atoms with Crippen LogP contribution in [-0.2, 0) is 57.0 Å². The Morgan fingerprint density at radius 3 is 1.08 bits per heavy atom. The molecule has 0 amide bonds. The van der Waals surface area contributed by atoms with Crippen molar-refractivity contribution in [2.45, 2.75) is 62.3 Å². The second-order valence-corrected chi connectivity index (χ2v) is 9.05. The molecular weight excluding hydrogens is 480 g/mol. The molecule has 0 aromatic rings. The Bertz CT molecular complexity index is 559. The lowest BCUT2D eigenvalue weighted by atomic mass is 10.1. The smallest absolute Gasteiger partial charge is 0.306 e. The molecule has 12 heteroatoms. The number of hydrogen-bond acceptors (Lipinski definition) is 12. The molecule has 4 atom stereocenters. The standard InChI is InChI=1S/C24H38O12/c25-21(35-23(17-13-27-5-9-31-17)18-14-28-6-10-32-18)3-1-2-4-22(26)36-24(19-15-29-7-11-33-19)20-16-30-8-12-34-20/h17-20,23-24H,1-16H2. The van der Waals surface area contributed by atoms with E-state index in [1.165, 1.54) is 0 Å². The van der Waals surface area contributed by atoms with Crippen LogP contribution in [0.1, 0.15) is 25.7 Å². The summed E-state index contributed by atoms with van der Waals surface area (Å²) < 4.78 is 56.4. The van der Waals surface area contributed by atoms with E-state index in [4.69, 9.17) is 47.4 Å². The summed E-state index contributed by atoms with van der Waals surface area (Å²) in [5.41, 5.74) is 0. The van der Waals surface area contributed by atoms with Crippen molar-refractivity contribution in [1.29, 1.82) is 0 Å². The van der Waals surface area contributed by atoms with Gasteiger partial charge >= 0.3 is 11.9 Å². The third-order valence-corrected chi connectivity index (χ3v) is 6.38. The van der Waals surface area contributed by atoms with E-state index in [0.717, 1.165) is 0 Å². The molecule has 0 bridgehead atoms. The van der Waals surface area contributed by atoms with Crippen molar-refractivity contribution in [2.75, 3.05) is 79.3 Å². The number of carbonyl (C=O) groups is 2. The highest BCUT2D eigenvalue weighted by atomic mass is 16.6. The van der Waals surface area contributed by atoms with Crippen LogP contribution in [-0.4, -0.2) is 128 Å². The highest BCUT2D eigenvalue weighted by molar-refractivity contribution is 5.71. The van der Waals surface area contributed by atoms with Gasteiger partial charge in [-0.25, -0.2) is 0 Å². The normalized spacial score (nSPS) is 31.2. The van der Waals surface area contributed by atoms with Gasteiger partial charge in [-0.1, -0.05) is 0 Å². The molecule has 4 fully saturated rings. The van der Waals surface area contributed by atoms with Gasteiger partial charge < -0.3 is 47.4 Å². The fraction of sp³-hybridized carbons (Fsp3) is 0.917. The third-order valence-electron chi connectivity index (χ3n) is 6.38. The first kappa shape index (κ1) is 27.6. The SMILES string of the molecule is O=C(CCCCC(=O)OC(C1COCCO1)C1COCCO1)OC(C1COCCO1)C1COCCO1. The van der Waals surface area contributed by atoms with E-state index in [2.05, 4.69) is 0 Å². The Hall–Kier alpha value is -1.38. The topological polar surface area (TPSA) is 126 Å². The van der Waals surface area contributed by atoms with Gasteiger partial charge in [0.2, 0.25) is 0 Å². The summed E-state index contributed by atoms with van der Waals surface area (Å²) in [6.45, 7) is 5.10. The zero-order valence-corrected chi connectivity index (χ0v) is 20.7. The van der Waals surface area contributed by atoms with E-state index in [-0.39, 0.29) is 24.8 Å². The number of hydrogen-bond donors (Lipinski definition) is 0. The van der Waals surface area contributed by atoms with Crippen LogP contribution < -0.4 is 0 Å².